The molecule has 1 aliphatic carbocycles. The Bertz CT molecular complexity index is 1330. The van der Waals surface area contributed by atoms with Crippen molar-refractivity contribution in [1.29, 1.82) is 0 Å². The van der Waals surface area contributed by atoms with Crippen LogP contribution in [0.15, 0.2) is 78.9 Å². The maximum atomic E-state index is 14.1. The van der Waals surface area contributed by atoms with E-state index in [0.29, 0.717) is 25.0 Å². The minimum absolute atomic E-state index is 0.0838. The van der Waals surface area contributed by atoms with Gasteiger partial charge in [0.25, 0.3) is 0 Å². The van der Waals surface area contributed by atoms with E-state index in [4.69, 9.17) is 4.98 Å². The van der Waals surface area contributed by atoms with Crippen LogP contribution in [0.2, 0.25) is 0 Å². The predicted octanol–water partition coefficient (Wildman–Crippen LogP) is 7.75. The van der Waals surface area contributed by atoms with Crippen LogP contribution in [0.1, 0.15) is 81.3 Å². The van der Waals surface area contributed by atoms with Gasteiger partial charge in [-0.3, -0.25) is 4.79 Å². The zero-order chi connectivity index (χ0) is 26.5. The van der Waals surface area contributed by atoms with Gasteiger partial charge in [0.2, 0.25) is 5.91 Å². The summed E-state index contributed by atoms with van der Waals surface area (Å²) < 4.78 is 2.17. The second-order valence-electron chi connectivity index (χ2n) is 11.4. The van der Waals surface area contributed by atoms with Crippen LogP contribution in [0.4, 0.5) is 0 Å². The molecule has 198 valence electrons. The molecule has 1 saturated carbocycles. The summed E-state index contributed by atoms with van der Waals surface area (Å²) in [5.74, 6) is 1.86. The Hall–Kier alpha value is -3.40. The molecule has 1 aromatic heterocycles. The number of rotatable bonds is 9. The van der Waals surface area contributed by atoms with Gasteiger partial charge in [0.15, 0.2) is 0 Å². The molecule has 1 atom stereocenters. The Morgan fingerprint density at radius 3 is 2.26 bits per heavy atom. The minimum Gasteiger partial charge on any atom is -0.334 e. The van der Waals surface area contributed by atoms with Gasteiger partial charge in [-0.05, 0) is 54.0 Å². The van der Waals surface area contributed by atoms with Crippen LogP contribution >= 0.6 is 0 Å². The van der Waals surface area contributed by atoms with Crippen molar-refractivity contribution in [1.82, 2.24) is 14.5 Å². The van der Waals surface area contributed by atoms with E-state index < -0.39 is 0 Å². The number of benzene rings is 3. The molecule has 1 heterocycles. The van der Waals surface area contributed by atoms with E-state index in [1.165, 1.54) is 36.0 Å². The number of fused-ring (bicyclic) bond motifs is 1. The third kappa shape index (κ3) is 6.01. The average Bonchev–Trinajstić information content (AvgIpc) is 3.30. The van der Waals surface area contributed by atoms with Crippen LogP contribution in [-0.2, 0) is 24.3 Å². The highest BCUT2D eigenvalue weighted by Crippen LogP contribution is 2.29. The quantitative estimate of drug-likeness (QED) is 0.232. The van der Waals surface area contributed by atoms with Crippen LogP contribution in [-0.4, -0.2) is 26.4 Å². The summed E-state index contributed by atoms with van der Waals surface area (Å²) in [5, 5.41) is 0. The molecule has 4 nitrogen and oxygen atoms in total. The van der Waals surface area contributed by atoms with E-state index in [0.717, 1.165) is 36.1 Å². The number of hydrogen-bond acceptors (Lipinski definition) is 2. The van der Waals surface area contributed by atoms with Gasteiger partial charge in [0, 0.05) is 18.5 Å². The fourth-order valence-corrected chi connectivity index (χ4v) is 5.97. The van der Waals surface area contributed by atoms with Crippen molar-refractivity contribution in [3.8, 4) is 0 Å². The molecule has 0 radical (unpaired) electrons. The number of nitrogens with zero attached hydrogens (tertiary/aromatic N) is 3. The number of amides is 1. The standard InChI is InChI=1S/C34H41N3O/c1-25(2)22-27-18-20-29(21-19-27)26(3)34-35-31-16-10-11-17-32(31)37(34)24-33(38)36(30-14-8-5-9-15-30)23-28-12-6-4-7-13-28/h4,6-7,10-13,16-21,25-26,30H,5,8-9,14-15,22-24H2,1-3H3. The lowest BCUT2D eigenvalue weighted by atomic mass is 9.93. The number of carbonyl (C=O) groups is 1. The highest BCUT2D eigenvalue weighted by Gasteiger charge is 2.28. The highest BCUT2D eigenvalue weighted by molar-refractivity contribution is 5.81. The molecule has 1 unspecified atom stereocenters. The summed E-state index contributed by atoms with van der Waals surface area (Å²) in [6.07, 6.45) is 6.94. The topological polar surface area (TPSA) is 38.1 Å². The Morgan fingerprint density at radius 1 is 0.868 bits per heavy atom. The van der Waals surface area contributed by atoms with Crippen molar-refractivity contribution in [3.05, 3.63) is 101 Å². The third-order valence-corrected chi connectivity index (χ3v) is 8.02. The first-order chi connectivity index (χ1) is 18.5. The van der Waals surface area contributed by atoms with E-state index in [-0.39, 0.29) is 11.8 Å². The van der Waals surface area contributed by atoms with Crippen molar-refractivity contribution in [2.75, 3.05) is 0 Å². The van der Waals surface area contributed by atoms with Crippen LogP contribution in [0.5, 0.6) is 0 Å². The molecular formula is C34H41N3O. The van der Waals surface area contributed by atoms with Gasteiger partial charge in [-0.15, -0.1) is 0 Å². The number of carbonyl (C=O) groups excluding carboxylic acids is 1. The van der Waals surface area contributed by atoms with E-state index in [1.54, 1.807) is 0 Å². The van der Waals surface area contributed by atoms with Crippen molar-refractivity contribution < 1.29 is 4.79 Å². The molecule has 1 fully saturated rings. The molecule has 0 spiro atoms. The van der Waals surface area contributed by atoms with E-state index >= 15 is 0 Å². The Kier molecular flexibility index (Phi) is 8.26. The predicted molar refractivity (Wildman–Crippen MR) is 156 cm³/mol. The molecule has 0 bridgehead atoms. The average molecular weight is 508 g/mol. The van der Waals surface area contributed by atoms with Gasteiger partial charge in [-0.2, -0.15) is 0 Å². The summed E-state index contributed by atoms with van der Waals surface area (Å²) in [7, 11) is 0. The SMILES string of the molecule is CC(C)Cc1ccc(C(C)c2nc3ccccc3n2CC(=O)N(Cc2ccccc2)C2CCCCC2)cc1. The molecule has 4 heteroatoms. The summed E-state index contributed by atoms with van der Waals surface area (Å²) in [6, 6.07) is 27.9. The van der Waals surface area contributed by atoms with Crippen molar-refractivity contribution >= 4 is 16.9 Å². The molecule has 3 aromatic carbocycles. The lowest BCUT2D eigenvalue weighted by Crippen LogP contribution is -2.42. The number of hydrogen-bond donors (Lipinski definition) is 0. The van der Waals surface area contributed by atoms with E-state index in [2.05, 4.69) is 90.9 Å². The zero-order valence-electron chi connectivity index (χ0n) is 23.1. The molecule has 1 amide bonds. The van der Waals surface area contributed by atoms with Gasteiger partial charge in [0.05, 0.1) is 11.0 Å². The first-order valence-corrected chi connectivity index (χ1v) is 14.4. The molecule has 5 rings (SSSR count). The van der Waals surface area contributed by atoms with Crippen LogP contribution in [0.3, 0.4) is 0 Å². The molecule has 0 saturated heterocycles. The smallest absolute Gasteiger partial charge is 0.243 e. The number of imidazole rings is 1. The third-order valence-electron chi connectivity index (χ3n) is 8.02. The molecule has 1 aliphatic rings. The zero-order valence-corrected chi connectivity index (χ0v) is 23.1. The molecular weight excluding hydrogens is 466 g/mol. The van der Waals surface area contributed by atoms with Crippen molar-refractivity contribution in [2.45, 2.75) is 84.3 Å². The van der Waals surface area contributed by atoms with Gasteiger partial charge >= 0.3 is 0 Å². The first-order valence-electron chi connectivity index (χ1n) is 14.4. The van der Waals surface area contributed by atoms with Crippen molar-refractivity contribution in [3.63, 3.8) is 0 Å². The van der Waals surface area contributed by atoms with Crippen LogP contribution < -0.4 is 0 Å². The van der Waals surface area contributed by atoms with Gasteiger partial charge < -0.3 is 9.47 Å². The minimum atomic E-state index is 0.0838. The monoisotopic (exact) mass is 507 g/mol. The normalized spacial score (nSPS) is 15.2. The Morgan fingerprint density at radius 2 is 1.55 bits per heavy atom. The summed E-state index contributed by atoms with van der Waals surface area (Å²) >= 11 is 0. The van der Waals surface area contributed by atoms with Crippen LogP contribution in [0, 0.1) is 5.92 Å². The number of aromatic nitrogens is 2. The Balaban J connectivity index is 1.46. The highest BCUT2D eigenvalue weighted by atomic mass is 16.2. The van der Waals surface area contributed by atoms with Gasteiger partial charge in [-0.25, -0.2) is 4.98 Å². The van der Waals surface area contributed by atoms with Crippen molar-refractivity contribution in [2.24, 2.45) is 5.92 Å². The summed E-state index contributed by atoms with van der Waals surface area (Å²) in [6.45, 7) is 7.70. The summed E-state index contributed by atoms with van der Waals surface area (Å²) in [4.78, 5) is 21.3. The maximum Gasteiger partial charge on any atom is 0.243 e. The molecule has 0 N–H and O–H groups in total. The largest absolute Gasteiger partial charge is 0.334 e. The van der Waals surface area contributed by atoms with E-state index in [9.17, 15) is 4.79 Å². The first kappa shape index (κ1) is 26.2. The van der Waals surface area contributed by atoms with Gasteiger partial charge in [-0.1, -0.05) is 107 Å². The second-order valence-corrected chi connectivity index (χ2v) is 11.4. The second kappa shape index (κ2) is 12.0. The summed E-state index contributed by atoms with van der Waals surface area (Å²) in [5.41, 5.74) is 5.77. The van der Waals surface area contributed by atoms with E-state index in [1.807, 2.05) is 18.2 Å². The number of para-hydroxylation sites is 2. The lowest BCUT2D eigenvalue weighted by Gasteiger charge is -2.35. The molecule has 0 aliphatic heterocycles. The maximum absolute atomic E-state index is 14.1. The molecule has 38 heavy (non-hydrogen) atoms. The Labute approximate surface area is 227 Å². The van der Waals surface area contributed by atoms with Gasteiger partial charge in [0.1, 0.15) is 12.4 Å². The molecule has 4 aromatic rings. The fourth-order valence-electron chi connectivity index (χ4n) is 5.97. The fraction of sp³-hybridized carbons (Fsp3) is 0.412. The lowest BCUT2D eigenvalue weighted by molar-refractivity contribution is -0.135. The van der Waals surface area contributed by atoms with Crippen LogP contribution in [0.25, 0.3) is 11.0 Å².